The summed E-state index contributed by atoms with van der Waals surface area (Å²) < 4.78 is 5.67. The average Bonchev–Trinajstić information content (AvgIpc) is 2.70. The van der Waals surface area contributed by atoms with E-state index >= 15 is 0 Å². The Labute approximate surface area is 120 Å². The molecule has 0 spiro atoms. The third-order valence-electron chi connectivity index (χ3n) is 4.58. The number of carbonyl (C=O) groups excluding carboxylic acids is 1. The quantitative estimate of drug-likeness (QED) is 0.804. The molecular formula is C17H23NO2. The summed E-state index contributed by atoms with van der Waals surface area (Å²) >= 11 is 0. The Morgan fingerprint density at radius 2 is 1.75 bits per heavy atom. The fraction of sp³-hybridized carbons (Fsp3) is 0.588. The molecule has 1 saturated heterocycles. The largest absolute Gasteiger partial charge is 0.441 e. The maximum absolute atomic E-state index is 12.4. The van der Waals surface area contributed by atoms with Crippen LogP contribution in [0.25, 0.3) is 0 Å². The molecule has 3 nitrogen and oxygen atoms in total. The molecule has 1 heterocycles. The molecule has 1 aromatic carbocycles. The van der Waals surface area contributed by atoms with Gasteiger partial charge in [-0.2, -0.15) is 0 Å². The van der Waals surface area contributed by atoms with Gasteiger partial charge in [-0.3, -0.25) is 4.90 Å². The van der Waals surface area contributed by atoms with Crippen molar-refractivity contribution in [2.75, 3.05) is 0 Å². The van der Waals surface area contributed by atoms with Gasteiger partial charge >= 0.3 is 6.09 Å². The van der Waals surface area contributed by atoms with Gasteiger partial charge < -0.3 is 4.74 Å². The molecule has 1 aliphatic heterocycles. The molecule has 2 fully saturated rings. The van der Waals surface area contributed by atoms with E-state index in [0.717, 1.165) is 12.8 Å². The summed E-state index contributed by atoms with van der Waals surface area (Å²) in [7, 11) is 0. The first kappa shape index (κ1) is 13.5. The number of ether oxygens (including phenoxy) is 1. The zero-order valence-corrected chi connectivity index (χ0v) is 12.3. The number of benzene rings is 1. The van der Waals surface area contributed by atoms with Gasteiger partial charge in [0, 0.05) is 6.04 Å². The molecule has 1 aliphatic carbocycles. The third-order valence-corrected chi connectivity index (χ3v) is 4.58. The first-order valence-corrected chi connectivity index (χ1v) is 7.66. The van der Waals surface area contributed by atoms with Crippen LogP contribution in [-0.2, 0) is 4.74 Å². The van der Waals surface area contributed by atoms with Gasteiger partial charge in [-0.1, -0.05) is 49.6 Å². The van der Waals surface area contributed by atoms with Crippen LogP contribution in [0.1, 0.15) is 57.6 Å². The Morgan fingerprint density at radius 1 is 1.10 bits per heavy atom. The van der Waals surface area contributed by atoms with Crippen LogP contribution in [0, 0.1) is 0 Å². The lowest BCUT2D eigenvalue weighted by Crippen LogP contribution is -2.41. The average molecular weight is 273 g/mol. The van der Waals surface area contributed by atoms with Crippen LogP contribution in [0.2, 0.25) is 0 Å². The summed E-state index contributed by atoms with van der Waals surface area (Å²) in [6.07, 6.45) is 5.80. The van der Waals surface area contributed by atoms with Crippen molar-refractivity contribution in [3.8, 4) is 0 Å². The summed E-state index contributed by atoms with van der Waals surface area (Å²) in [6, 6.07) is 10.6. The van der Waals surface area contributed by atoms with Crippen LogP contribution in [-0.4, -0.2) is 22.6 Å². The lowest BCUT2D eigenvalue weighted by atomic mass is 9.87. The lowest BCUT2D eigenvalue weighted by molar-refractivity contribution is 0.0665. The van der Waals surface area contributed by atoms with Crippen molar-refractivity contribution in [2.45, 2.75) is 63.6 Å². The molecule has 0 bridgehead atoms. The van der Waals surface area contributed by atoms with Gasteiger partial charge in [0.05, 0.1) is 6.04 Å². The first-order valence-electron chi connectivity index (χ1n) is 7.66. The van der Waals surface area contributed by atoms with Gasteiger partial charge in [0.2, 0.25) is 0 Å². The minimum Gasteiger partial charge on any atom is -0.441 e. The van der Waals surface area contributed by atoms with Crippen LogP contribution in [0.3, 0.4) is 0 Å². The van der Waals surface area contributed by atoms with Crippen LogP contribution in [0.4, 0.5) is 4.79 Å². The lowest BCUT2D eigenvalue weighted by Gasteiger charge is -2.36. The van der Waals surface area contributed by atoms with Crippen molar-refractivity contribution < 1.29 is 9.53 Å². The maximum Gasteiger partial charge on any atom is 0.411 e. The predicted molar refractivity (Wildman–Crippen MR) is 78.5 cm³/mol. The van der Waals surface area contributed by atoms with Gasteiger partial charge in [0.15, 0.2) is 0 Å². The zero-order chi connectivity index (χ0) is 14.2. The highest BCUT2D eigenvalue weighted by Gasteiger charge is 2.50. The molecule has 20 heavy (non-hydrogen) atoms. The van der Waals surface area contributed by atoms with E-state index in [2.05, 4.69) is 12.1 Å². The van der Waals surface area contributed by atoms with Crippen molar-refractivity contribution in [2.24, 2.45) is 0 Å². The molecule has 0 N–H and O–H groups in total. The Balaban J connectivity index is 1.95. The number of nitrogens with zero attached hydrogens (tertiary/aromatic N) is 1. The molecule has 0 aromatic heterocycles. The van der Waals surface area contributed by atoms with Crippen molar-refractivity contribution in [3.63, 3.8) is 0 Å². The van der Waals surface area contributed by atoms with Crippen molar-refractivity contribution in [1.29, 1.82) is 0 Å². The van der Waals surface area contributed by atoms with E-state index in [9.17, 15) is 4.79 Å². The molecular weight excluding hydrogens is 250 g/mol. The highest BCUT2D eigenvalue weighted by atomic mass is 16.6. The maximum atomic E-state index is 12.4. The van der Waals surface area contributed by atoms with E-state index in [1.54, 1.807) is 0 Å². The standard InChI is InChI=1S/C17H23NO2/c1-17(2)15(13-9-5-3-6-10-13)18(16(19)20-17)14-11-7-4-8-12-14/h3,5-6,9-10,14-15H,4,7-8,11-12H2,1-2H3/t15-/m0/s1. The molecule has 0 unspecified atom stereocenters. The number of cyclic esters (lactones) is 1. The molecule has 108 valence electrons. The fourth-order valence-electron chi connectivity index (χ4n) is 3.69. The molecule has 3 heteroatoms. The summed E-state index contributed by atoms with van der Waals surface area (Å²) in [5.41, 5.74) is 0.713. The van der Waals surface area contributed by atoms with Crippen LogP contribution in [0.15, 0.2) is 30.3 Å². The van der Waals surface area contributed by atoms with E-state index in [-0.39, 0.29) is 12.1 Å². The Morgan fingerprint density at radius 3 is 2.40 bits per heavy atom. The third kappa shape index (κ3) is 2.30. The smallest absolute Gasteiger partial charge is 0.411 e. The number of hydrogen-bond donors (Lipinski definition) is 0. The van der Waals surface area contributed by atoms with E-state index in [1.807, 2.05) is 36.9 Å². The van der Waals surface area contributed by atoms with Gasteiger partial charge in [0.1, 0.15) is 5.60 Å². The summed E-state index contributed by atoms with van der Waals surface area (Å²) in [6.45, 7) is 4.04. The molecule has 1 amide bonds. The summed E-state index contributed by atoms with van der Waals surface area (Å²) in [4.78, 5) is 14.4. The van der Waals surface area contributed by atoms with E-state index in [4.69, 9.17) is 4.74 Å². The summed E-state index contributed by atoms with van der Waals surface area (Å²) in [5.74, 6) is 0. The van der Waals surface area contributed by atoms with Crippen LogP contribution in [0.5, 0.6) is 0 Å². The topological polar surface area (TPSA) is 29.5 Å². The molecule has 3 rings (SSSR count). The SMILES string of the molecule is CC1(C)OC(=O)N(C2CCCCC2)[C@H]1c1ccccc1. The normalized spacial score (nSPS) is 26.6. The van der Waals surface area contributed by atoms with Gasteiger partial charge in [0.25, 0.3) is 0 Å². The monoisotopic (exact) mass is 273 g/mol. The van der Waals surface area contributed by atoms with Gasteiger partial charge in [-0.05, 0) is 32.3 Å². The van der Waals surface area contributed by atoms with Crippen LogP contribution >= 0.6 is 0 Å². The molecule has 1 atom stereocenters. The second-order valence-electron chi connectivity index (χ2n) is 6.48. The van der Waals surface area contributed by atoms with Crippen molar-refractivity contribution in [3.05, 3.63) is 35.9 Å². The molecule has 1 saturated carbocycles. The zero-order valence-electron chi connectivity index (χ0n) is 12.3. The number of hydrogen-bond acceptors (Lipinski definition) is 2. The molecule has 1 aromatic rings. The number of rotatable bonds is 2. The highest BCUT2D eigenvalue weighted by Crippen LogP contribution is 2.44. The second-order valence-corrected chi connectivity index (χ2v) is 6.48. The van der Waals surface area contributed by atoms with Crippen molar-refractivity contribution in [1.82, 2.24) is 4.90 Å². The Hall–Kier alpha value is -1.51. The van der Waals surface area contributed by atoms with Gasteiger partial charge in [-0.25, -0.2) is 4.79 Å². The van der Waals surface area contributed by atoms with E-state index in [0.29, 0.717) is 6.04 Å². The Kier molecular flexibility index (Phi) is 3.45. The molecule has 2 aliphatic rings. The highest BCUT2D eigenvalue weighted by molar-refractivity contribution is 5.72. The minimum atomic E-state index is -0.462. The fourth-order valence-corrected chi connectivity index (χ4v) is 3.69. The minimum absolute atomic E-state index is 0.0271. The van der Waals surface area contributed by atoms with Gasteiger partial charge in [-0.15, -0.1) is 0 Å². The van der Waals surface area contributed by atoms with E-state index in [1.165, 1.54) is 24.8 Å². The molecule has 0 radical (unpaired) electrons. The number of carbonyl (C=O) groups is 1. The summed E-state index contributed by atoms with van der Waals surface area (Å²) in [5, 5.41) is 0. The first-order chi connectivity index (χ1) is 9.59. The van der Waals surface area contributed by atoms with Crippen LogP contribution < -0.4 is 0 Å². The Bertz CT molecular complexity index is 477. The second kappa shape index (κ2) is 5.12. The van der Waals surface area contributed by atoms with Crippen molar-refractivity contribution >= 4 is 6.09 Å². The predicted octanol–water partition coefficient (Wildman–Crippen LogP) is 4.29. The van der Waals surface area contributed by atoms with E-state index < -0.39 is 5.60 Å². The number of amides is 1.